The zero-order valence-electron chi connectivity index (χ0n) is 17.3. The molecule has 29 heavy (non-hydrogen) atoms. The van der Waals surface area contributed by atoms with Gasteiger partial charge in [-0.3, -0.25) is 4.79 Å². The topological polar surface area (TPSA) is 46.6 Å². The monoisotopic (exact) mass is 391 g/mol. The van der Waals surface area contributed by atoms with Crippen LogP contribution in [0.2, 0.25) is 0 Å². The van der Waals surface area contributed by atoms with E-state index in [2.05, 4.69) is 13.8 Å². The third kappa shape index (κ3) is 4.76. The molecule has 0 aliphatic carbocycles. The molecule has 0 spiro atoms. The third-order valence-corrected chi connectivity index (χ3v) is 5.21. The van der Waals surface area contributed by atoms with E-state index in [1.165, 1.54) is 0 Å². The maximum absolute atomic E-state index is 13.5. The molecular formula is C25H29NO3. The van der Waals surface area contributed by atoms with Gasteiger partial charge in [0.25, 0.3) is 5.91 Å². The molecule has 0 bridgehead atoms. The van der Waals surface area contributed by atoms with Crippen molar-refractivity contribution in [2.45, 2.75) is 45.6 Å². The van der Waals surface area contributed by atoms with Crippen LogP contribution in [-0.4, -0.2) is 29.9 Å². The smallest absolute Gasteiger partial charge is 0.345 e. The van der Waals surface area contributed by atoms with Crippen molar-refractivity contribution in [1.82, 2.24) is 4.90 Å². The van der Waals surface area contributed by atoms with Crippen LogP contribution < -0.4 is 0 Å². The number of nitrogens with zero attached hydrogens (tertiary/aromatic N) is 1. The number of esters is 1. The Morgan fingerprint density at radius 1 is 0.897 bits per heavy atom. The molecule has 2 aromatic carbocycles. The van der Waals surface area contributed by atoms with Crippen LogP contribution in [0.5, 0.6) is 0 Å². The van der Waals surface area contributed by atoms with Gasteiger partial charge >= 0.3 is 5.97 Å². The largest absolute Gasteiger partial charge is 0.449 e. The van der Waals surface area contributed by atoms with Gasteiger partial charge in [0, 0.05) is 18.7 Å². The van der Waals surface area contributed by atoms with E-state index >= 15 is 0 Å². The normalized spacial score (nSPS) is 16.1. The number of carbonyl (C=O) groups is 2. The van der Waals surface area contributed by atoms with Crippen LogP contribution in [0.3, 0.4) is 0 Å². The molecule has 1 heterocycles. The Kier molecular flexibility index (Phi) is 7.23. The molecule has 0 fully saturated rings. The lowest BCUT2D eigenvalue weighted by molar-refractivity contribution is -0.142. The lowest BCUT2D eigenvalue weighted by Crippen LogP contribution is -2.35. The number of ether oxygens (including phenoxy) is 1. The zero-order chi connectivity index (χ0) is 20.6. The van der Waals surface area contributed by atoms with Crippen molar-refractivity contribution in [2.75, 3.05) is 13.1 Å². The van der Waals surface area contributed by atoms with Crippen molar-refractivity contribution < 1.29 is 14.3 Å². The van der Waals surface area contributed by atoms with Crippen LogP contribution in [-0.2, 0) is 14.3 Å². The Hall–Kier alpha value is -2.88. The molecule has 0 N–H and O–H groups in total. The van der Waals surface area contributed by atoms with Crippen LogP contribution in [0, 0.1) is 0 Å². The number of rotatable bonds is 9. The predicted molar refractivity (Wildman–Crippen MR) is 115 cm³/mol. The van der Waals surface area contributed by atoms with Crippen molar-refractivity contribution in [3.05, 3.63) is 77.4 Å². The second-order valence-electron chi connectivity index (χ2n) is 7.35. The van der Waals surface area contributed by atoms with Gasteiger partial charge in [0.1, 0.15) is 5.57 Å². The summed E-state index contributed by atoms with van der Waals surface area (Å²) in [6, 6.07) is 19.3. The van der Waals surface area contributed by atoms with E-state index in [0.717, 1.165) is 36.8 Å². The molecule has 3 rings (SSSR count). The molecule has 152 valence electrons. The highest BCUT2D eigenvalue weighted by molar-refractivity contribution is 6.24. The Balaban J connectivity index is 2.07. The van der Waals surface area contributed by atoms with Crippen molar-refractivity contribution in [1.29, 1.82) is 0 Å². The molecule has 0 aromatic heterocycles. The summed E-state index contributed by atoms with van der Waals surface area (Å²) < 4.78 is 5.75. The van der Waals surface area contributed by atoms with Gasteiger partial charge in [0.05, 0.1) is 0 Å². The molecule has 1 amide bonds. The van der Waals surface area contributed by atoms with Crippen molar-refractivity contribution in [3.8, 4) is 0 Å². The summed E-state index contributed by atoms with van der Waals surface area (Å²) in [5.41, 5.74) is 2.57. The molecule has 2 aromatic rings. The average molecular weight is 392 g/mol. The molecule has 1 aliphatic heterocycles. The average Bonchev–Trinajstić information content (AvgIpc) is 3.11. The molecule has 0 saturated heterocycles. The Morgan fingerprint density at radius 2 is 1.45 bits per heavy atom. The molecule has 0 radical (unpaired) electrons. The minimum Gasteiger partial charge on any atom is -0.449 e. The summed E-state index contributed by atoms with van der Waals surface area (Å²) in [5.74, 6) is -0.741. The SMILES string of the molecule is CCCCN(CCCC)C(=O)C1=C(c2ccccc2)C(c2ccccc2)OC1=O. The highest BCUT2D eigenvalue weighted by Gasteiger charge is 2.40. The summed E-state index contributed by atoms with van der Waals surface area (Å²) in [4.78, 5) is 28.2. The van der Waals surface area contributed by atoms with E-state index in [-0.39, 0.29) is 11.5 Å². The van der Waals surface area contributed by atoms with E-state index < -0.39 is 12.1 Å². The first-order valence-corrected chi connectivity index (χ1v) is 10.5. The van der Waals surface area contributed by atoms with Gasteiger partial charge in [-0.15, -0.1) is 0 Å². The highest BCUT2D eigenvalue weighted by Crippen LogP contribution is 2.42. The van der Waals surface area contributed by atoms with E-state index in [9.17, 15) is 9.59 Å². The third-order valence-electron chi connectivity index (χ3n) is 5.21. The van der Waals surface area contributed by atoms with Crippen molar-refractivity contribution in [3.63, 3.8) is 0 Å². The van der Waals surface area contributed by atoms with Gasteiger partial charge in [0.15, 0.2) is 6.10 Å². The van der Waals surface area contributed by atoms with E-state index in [0.29, 0.717) is 18.7 Å². The summed E-state index contributed by atoms with van der Waals surface area (Å²) >= 11 is 0. The first kappa shape index (κ1) is 20.8. The summed E-state index contributed by atoms with van der Waals surface area (Å²) in [6.07, 6.45) is 3.26. The minimum atomic E-state index is -0.566. The van der Waals surface area contributed by atoms with Crippen LogP contribution in [0.15, 0.2) is 66.2 Å². The maximum Gasteiger partial charge on any atom is 0.345 e. The summed E-state index contributed by atoms with van der Waals surface area (Å²) in [6.45, 7) is 5.52. The fourth-order valence-corrected chi connectivity index (χ4v) is 3.62. The molecule has 4 nitrogen and oxygen atoms in total. The molecular weight excluding hydrogens is 362 g/mol. The van der Waals surface area contributed by atoms with Crippen LogP contribution in [0.25, 0.3) is 5.57 Å². The van der Waals surface area contributed by atoms with E-state index in [1.807, 2.05) is 65.6 Å². The van der Waals surface area contributed by atoms with Gasteiger partial charge in [-0.05, 0) is 24.0 Å². The summed E-state index contributed by atoms with van der Waals surface area (Å²) in [7, 11) is 0. The predicted octanol–water partition coefficient (Wildman–Crippen LogP) is 5.17. The fourth-order valence-electron chi connectivity index (χ4n) is 3.62. The first-order valence-electron chi connectivity index (χ1n) is 10.5. The standard InChI is InChI=1S/C25H29NO3/c1-3-5-17-26(18-6-4-2)24(27)22-21(19-13-9-7-10-14-19)23(29-25(22)28)20-15-11-8-12-16-20/h7-16,23H,3-6,17-18H2,1-2H3. The lowest BCUT2D eigenvalue weighted by Gasteiger charge is -2.23. The summed E-state index contributed by atoms with van der Waals surface area (Å²) in [5, 5.41) is 0. The molecule has 1 atom stereocenters. The number of benzene rings is 2. The zero-order valence-corrected chi connectivity index (χ0v) is 17.3. The minimum absolute atomic E-state index is 0.178. The van der Waals surface area contributed by atoms with Gasteiger partial charge in [-0.25, -0.2) is 4.79 Å². The van der Waals surface area contributed by atoms with Crippen LogP contribution >= 0.6 is 0 Å². The molecule has 4 heteroatoms. The Morgan fingerprint density at radius 3 is 2.00 bits per heavy atom. The van der Waals surface area contributed by atoms with Crippen LogP contribution in [0.4, 0.5) is 0 Å². The van der Waals surface area contributed by atoms with Crippen LogP contribution in [0.1, 0.15) is 56.8 Å². The van der Waals surface area contributed by atoms with E-state index in [4.69, 9.17) is 4.74 Å². The first-order chi connectivity index (χ1) is 14.2. The van der Waals surface area contributed by atoms with Gasteiger partial charge < -0.3 is 9.64 Å². The highest BCUT2D eigenvalue weighted by atomic mass is 16.5. The lowest BCUT2D eigenvalue weighted by atomic mass is 9.92. The van der Waals surface area contributed by atoms with Gasteiger partial charge in [-0.1, -0.05) is 87.4 Å². The molecule has 1 aliphatic rings. The number of unbranched alkanes of at least 4 members (excludes halogenated alkanes) is 2. The van der Waals surface area contributed by atoms with E-state index in [1.54, 1.807) is 0 Å². The number of carbonyl (C=O) groups excluding carboxylic acids is 2. The molecule has 1 unspecified atom stereocenters. The van der Waals surface area contributed by atoms with Crippen molar-refractivity contribution in [2.24, 2.45) is 0 Å². The molecule has 0 saturated carbocycles. The van der Waals surface area contributed by atoms with Crippen molar-refractivity contribution >= 4 is 17.4 Å². The second kappa shape index (κ2) is 10.1. The number of hydrogen-bond acceptors (Lipinski definition) is 3. The number of cyclic esters (lactones) is 1. The Labute approximate surface area is 173 Å². The second-order valence-corrected chi connectivity index (χ2v) is 7.35. The quantitative estimate of drug-likeness (QED) is 0.438. The Bertz CT molecular complexity index is 850. The maximum atomic E-state index is 13.5. The van der Waals surface area contributed by atoms with Gasteiger partial charge in [-0.2, -0.15) is 0 Å². The fraction of sp³-hybridized carbons (Fsp3) is 0.360. The number of hydrogen-bond donors (Lipinski definition) is 0. The number of amides is 1. The van der Waals surface area contributed by atoms with Gasteiger partial charge in [0.2, 0.25) is 0 Å².